The molecule has 0 bridgehead atoms. The van der Waals surface area contributed by atoms with Gasteiger partial charge in [-0.05, 0) is 18.2 Å². The first-order chi connectivity index (χ1) is 9.58. The van der Waals surface area contributed by atoms with Crippen molar-refractivity contribution in [2.45, 2.75) is 0 Å². The SMILES string of the molecule is CN1C(=O)c2ccc(Nc3nccnc3N)cc2C1=O. The van der Waals surface area contributed by atoms with E-state index in [1.165, 1.54) is 19.4 Å². The number of benzene rings is 1. The zero-order valence-corrected chi connectivity index (χ0v) is 10.6. The van der Waals surface area contributed by atoms with Crippen molar-refractivity contribution in [3.8, 4) is 0 Å². The quantitative estimate of drug-likeness (QED) is 0.789. The largest absolute Gasteiger partial charge is 0.381 e. The fourth-order valence-corrected chi connectivity index (χ4v) is 2.02. The van der Waals surface area contributed by atoms with Gasteiger partial charge in [0.1, 0.15) is 0 Å². The molecule has 7 nitrogen and oxygen atoms in total. The van der Waals surface area contributed by atoms with Crippen molar-refractivity contribution in [2.75, 3.05) is 18.1 Å². The molecule has 1 aliphatic heterocycles. The summed E-state index contributed by atoms with van der Waals surface area (Å²) in [7, 11) is 1.46. The van der Waals surface area contributed by atoms with Crippen LogP contribution in [0.4, 0.5) is 17.3 Å². The van der Waals surface area contributed by atoms with Gasteiger partial charge in [0.2, 0.25) is 0 Å². The summed E-state index contributed by atoms with van der Waals surface area (Å²) in [5.74, 6) is 0.0430. The Morgan fingerprint density at radius 1 is 1.10 bits per heavy atom. The van der Waals surface area contributed by atoms with E-state index in [-0.39, 0.29) is 17.6 Å². The fraction of sp³-hybridized carbons (Fsp3) is 0.0769. The van der Waals surface area contributed by atoms with Crippen molar-refractivity contribution in [3.05, 3.63) is 41.7 Å². The molecule has 0 radical (unpaired) electrons. The van der Waals surface area contributed by atoms with E-state index >= 15 is 0 Å². The number of carbonyl (C=O) groups excluding carboxylic acids is 2. The summed E-state index contributed by atoms with van der Waals surface area (Å²) in [6.45, 7) is 0. The number of rotatable bonds is 2. The predicted octanol–water partition coefficient (Wildman–Crippen LogP) is 1.03. The Balaban J connectivity index is 1.97. The standard InChI is InChI=1S/C13H11N5O2/c1-18-12(19)8-3-2-7(6-9(8)13(18)20)17-11-10(14)15-4-5-16-11/h2-6H,1H3,(H2,14,15)(H,16,17). The van der Waals surface area contributed by atoms with E-state index in [9.17, 15) is 9.59 Å². The van der Waals surface area contributed by atoms with Crippen LogP contribution < -0.4 is 11.1 Å². The number of hydrogen-bond acceptors (Lipinski definition) is 6. The van der Waals surface area contributed by atoms with Crippen LogP contribution in [0.2, 0.25) is 0 Å². The van der Waals surface area contributed by atoms with Crippen LogP contribution in [0.15, 0.2) is 30.6 Å². The smallest absolute Gasteiger partial charge is 0.261 e. The minimum Gasteiger partial charge on any atom is -0.381 e. The lowest BCUT2D eigenvalue weighted by Crippen LogP contribution is -2.24. The highest BCUT2D eigenvalue weighted by Gasteiger charge is 2.32. The number of fused-ring (bicyclic) bond motifs is 1. The van der Waals surface area contributed by atoms with E-state index in [2.05, 4.69) is 15.3 Å². The van der Waals surface area contributed by atoms with Crippen LogP contribution >= 0.6 is 0 Å². The van der Waals surface area contributed by atoms with Crippen LogP contribution in [-0.4, -0.2) is 33.7 Å². The average molecular weight is 269 g/mol. The fourth-order valence-electron chi connectivity index (χ4n) is 2.02. The van der Waals surface area contributed by atoms with Gasteiger partial charge in [0, 0.05) is 25.1 Å². The molecule has 2 amide bonds. The maximum Gasteiger partial charge on any atom is 0.261 e. The number of imide groups is 1. The molecule has 0 saturated heterocycles. The molecule has 2 heterocycles. The minimum absolute atomic E-state index is 0.257. The number of nitrogens with two attached hydrogens (primary N) is 1. The number of nitrogen functional groups attached to an aromatic ring is 1. The molecule has 1 aromatic heterocycles. The molecule has 7 heteroatoms. The molecule has 3 N–H and O–H groups in total. The van der Waals surface area contributed by atoms with Gasteiger partial charge in [-0.2, -0.15) is 0 Å². The summed E-state index contributed by atoms with van der Waals surface area (Å²) in [6.07, 6.45) is 2.99. The second kappa shape index (κ2) is 4.30. The summed E-state index contributed by atoms with van der Waals surface area (Å²) in [5.41, 5.74) is 7.07. The summed E-state index contributed by atoms with van der Waals surface area (Å²) in [6, 6.07) is 4.90. The lowest BCUT2D eigenvalue weighted by Gasteiger charge is -2.07. The Bertz CT molecular complexity index is 728. The Morgan fingerprint density at radius 3 is 2.55 bits per heavy atom. The highest BCUT2D eigenvalue weighted by Crippen LogP contribution is 2.26. The minimum atomic E-state index is -0.319. The first-order valence-corrected chi connectivity index (χ1v) is 5.88. The Morgan fingerprint density at radius 2 is 1.80 bits per heavy atom. The Hall–Kier alpha value is -2.96. The second-order valence-electron chi connectivity index (χ2n) is 4.34. The van der Waals surface area contributed by atoms with Crippen LogP contribution in [0.25, 0.3) is 0 Å². The zero-order valence-electron chi connectivity index (χ0n) is 10.6. The van der Waals surface area contributed by atoms with Gasteiger partial charge in [-0.15, -0.1) is 0 Å². The second-order valence-corrected chi connectivity index (χ2v) is 4.34. The first kappa shape index (κ1) is 12.1. The van der Waals surface area contributed by atoms with Gasteiger partial charge in [-0.3, -0.25) is 14.5 Å². The normalized spacial score (nSPS) is 13.6. The van der Waals surface area contributed by atoms with Crippen molar-refractivity contribution >= 4 is 29.1 Å². The van der Waals surface area contributed by atoms with E-state index in [1.54, 1.807) is 18.2 Å². The van der Waals surface area contributed by atoms with Crippen LogP contribution in [0.1, 0.15) is 20.7 Å². The van der Waals surface area contributed by atoms with E-state index in [0.717, 1.165) is 4.90 Å². The van der Waals surface area contributed by atoms with E-state index < -0.39 is 0 Å². The maximum atomic E-state index is 11.9. The molecule has 0 aliphatic carbocycles. The van der Waals surface area contributed by atoms with Crippen LogP contribution in [0.5, 0.6) is 0 Å². The number of amides is 2. The van der Waals surface area contributed by atoms with Gasteiger partial charge in [-0.1, -0.05) is 0 Å². The Kier molecular flexibility index (Phi) is 2.60. The van der Waals surface area contributed by atoms with Crippen molar-refractivity contribution < 1.29 is 9.59 Å². The van der Waals surface area contributed by atoms with Crippen LogP contribution in [0, 0.1) is 0 Å². The topological polar surface area (TPSA) is 101 Å². The third kappa shape index (κ3) is 1.76. The first-order valence-electron chi connectivity index (χ1n) is 5.88. The molecule has 2 aromatic rings. The summed E-state index contributed by atoms with van der Waals surface area (Å²) in [5, 5.41) is 2.97. The molecule has 100 valence electrons. The molecule has 1 aromatic carbocycles. The predicted molar refractivity (Wildman–Crippen MR) is 72.6 cm³/mol. The van der Waals surface area contributed by atoms with Gasteiger partial charge in [-0.25, -0.2) is 9.97 Å². The molecule has 20 heavy (non-hydrogen) atoms. The van der Waals surface area contributed by atoms with Crippen molar-refractivity contribution in [2.24, 2.45) is 0 Å². The van der Waals surface area contributed by atoms with Gasteiger partial charge in [0.15, 0.2) is 11.6 Å². The molecule has 3 rings (SSSR count). The van der Waals surface area contributed by atoms with Gasteiger partial charge < -0.3 is 11.1 Å². The third-order valence-electron chi connectivity index (χ3n) is 3.08. The number of hydrogen-bond donors (Lipinski definition) is 2. The summed E-state index contributed by atoms with van der Waals surface area (Å²) >= 11 is 0. The van der Waals surface area contributed by atoms with Crippen molar-refractivity contribution in [1.82, 2.24) is 14.9 Å². The highest BCUT2D eigenvalue weighted by atomic mass is 16.2. The number of nitrogens with zero attached hydrogens (tertiary/aromatic N) is 3. The number of carbonyl (C=O) groups is 2. The van der Waals surface area contributed by atoms with Crippen molar-refractivity contribution in [3.63, 3.8) is 0 Å². The molecule has 0 fully saturated rings. The highest BCUT2D eigenvalue weighted by molar-refractivity contribution is 6.21. The lowest BCUT2D eigenvalue weighted by atomic mass is 10.1. The van der Waals surface area contributed by atoms with Crippen molar-refractivity contribution in [1.29, 1.82) is 0 Å². The van der Waals surface area contributed by atoms with Crippen LogP contribution in [0.3, 0.4) is 0 Å². The molecule has 0 unspecified atom stereocenters. The Labute approximate surface area is 114 Å². The monoisotopic (exact) mass is 269 g/mol. The van der Waals surface area contributed by atoms with E-state index in [4.69, 9.17) is 5.73 Å². The summed E-state index contributed by atoms with van der Waals surface area (Å²) < 4.78 is 0. The van der Waals surface area contributed by atoms with Gasteiger partial charge in [0.05, 0.1) is 11.1 Å². The molecule has 0 saturated carbocycles. The molecule has 0 atom stereocenters. The van der Waals surface area contributed by atoms with E-state index in [1.807, 2.05) is 0 Å². The maximum absolute atomic E-state index is 11.9. The number of aromatic nitrogens is 2. The van der Waals surface area contributed by atoms with Gasteiger partial charge >= 0.3 is 0 Å². The number of anilines is 3. The number of nitrogens with one attached hydrogen (secondary N) is 1. The molecular formula is C13H11N5O2. The lowest BCUT2D eigenvalue weighted by molar-refractivity contribution is 0.0693. The van der Waals surface area contributed by atoms with Crippen LogP contribution in [-0.2, 0) is 0 Å². The summed E-state index contributed by atoms with van der Waals surface area (Å²) in [4.78, 5) is 32.7. The zero-order chi connectivity index (χ0) is 14.3. The van der Waals surface area contributed by atoms with E-state index in [0.29, 0.717) is 22.6 Å². The third-order valence-corrected chi connectivity index (χ3v) is 3.08. The molecule has 1 aliphatic rings. The average Bonchev–Trinajstić information content (AvgIpc) is 2.66. The van der Waals surface area contributed by atoms with Gasteiger partial charge in [0.25, 0.3) is 11.8 Å². The molecular weight excluding hydrogens is 258 g/mol. The molecule has 0 spiro atoms.